The van der Waals surface area contributed by atoms with Gasteiger partial charge in [0.2, 0.25) is 0 Å². The fraction of sp³-hybridized carbons (Fsp3) is 1.00. The summed E-state index contributed by atoms with van der Waals surface area (Å²) in [5.74, 6) is 0. The summed E-state index contributed by atoms with van der Waals surface area (Å²) in [5.41, 5.74) is 0. The lowest BCUT2D eigenvalue weighted by Gasteiger charge is -2.26. The molecule has 4 nitrogen and oxygen atoms in total. The average molecular weight is 285 g/mol. The quantitative estimate of drug-likeness (QED) is 0.586. The molecule has 1 heterocycles. The maximum atomic E-state index is 6.17. The number of likely N-dealkylation sites (N-methyl/N-ethyl adjacent to an activating group) is 1. The first kappa shape index (κ1) is 17.9. The van der Waals surface area contributed by atoms with Gasteiger partial charge >= 0.3 is 0 Å². The van der Waals surface area contributed by atoms with E-state index in [1.54, 1.807) is 0 Å². The first-order valence-electron chi connectivity index (χ1n) is 8.39. The van der Waals surface area contributed by atoms with E-state index < -0.39 is 0 Å². The van der Waals surface area contributed by atoms with Crippen molar-refractivity contribution >= 4 is 0 Å². The van der Waals surface area contributed by atoms with Gasteiger partial charge in [-0.15, -0.1) is 0 Å². The van der Waals surface area contributed by atoms with Gasteiger partial charge in [-0.05, 0) is 52.9 Å². The van der Waals surface area contributed by atoms with Crippen molar-refractivity contribution in [3.8, 4) is 0 Å². The second-order valence-corrected chi connectivity index (χ2v) is 6.27. The van der Waals surface area contributed by atoms with Gasteiger partial charge in [0, 0.05) is 26.2 Å². The van der Waals surface area contributed by atoms with Crippen molar-refractivity contribution in [3.63, 3.8) is 0 Å². The smallest absolute Gasteiger partial charge is 0.0707 e. The Morgan fingerprint density at radius 2 is 1.75 bits per heavy atom. The molecule has 0 aliphatic carbocycles. The number of nitrogens with one attached hydrogen (secondary N) is 1. The first-order chi connectivity index (χ1) is 9.65. The van der Waals surface area contributed by atoms with Gasteiger partial charge in [-0.2, -0.15) is 0 Å². The number of hydrogen-bond acceptors (Lipinski definition) is 4. The number of nitrogens with zero attached hydrogens (tertiary/aromatic N) is 2. The van der Waals surface area contributed by atoms with Crippen LogP contribution in [0.25, 0.3) is 0 Å². The van der Waals surface area contributed by atoms with Gasteiger partial charge in [0.05, 0.1) is 12.2 Å². The van der Waals surface area contributed by atoms with Crippen LogP contribution in [0.3, 0.4) is 0 Å². The zero-order chi connectivity index (χ0) is 14.8. The lowest BCUT2D eigenvalue weighted by Crippen LogP contribution is -2.38. The van der Waals surface area contributed by atoms with Crippen molar-refractivity contribution in [1.29, 1.82) is 0 Å². The van der Waals surface area contributed by atoms with Crippen molar-refractivity contribution in [2.45, 2.75) is 51.7 Å². The molecule has 1 rings (SSSR count). The predicted octanol–water partition coefficient (Wildman–Crippen LogP) is 1.81. The van der Waals surface area contributed by atoms with Gasteiger partial charge in [0.15, 0.2) is 0 Å². The first-order valence-corrected chi connectivity index (χ1v) is 8.39. The summed E-state index contributed by atoms with van der Waals surface area (Å²) in [6.07, 6.45) is 5.74. The summed E-state index contributed by atoms with van der Waals surface area (Å²) in [6, 6.07) is 0. The van der Waals surface area contributed by atoms with Crippen LogP contribution >= 0.6 is 0 Å². The van der Waals surface area contributed by atoms with Crippen LogP contribution in [0.1, 0.15) is 39.5 Å². The fourth-order valence-electron chi connectivity index (χ4n) is 2.74. The summed E-state index contributed by atoms with van der Waals surface area (Å²) < 4.78 is 6.17. The maximum Gasteiger partial charge on any atom is 0.0707 e. The Morgan fingerprint density at radius 1 is 1.00 bits per heavy atom. The summed E-state index contributed by atoms with van der Waals surface area (Å²) in [6.45, 7) is 11.2. The molecule has 0 radical (unpaired) electrons. The summed E-state index contributed by atoms with van der Waals surface area (Å²) in [7, 11) is 4.29. The number of ether oxygens (including phenoxy) is 1. The molecule has 1 fully saturated rings. The molecule has 120 valence electrons. The Labute approximate surface area is 125 Å². The van der Waals surface area contributed by atoms with Crippen LogP contribution in [0.2, 0.25) is 0 Å². The van der Waals surface area contributed by atoms with Gasteiger partial charge < -0.3 is 15.0 Å². The minimum atomic E-state index is 0.434. The van der Waals surface area contributed by atoms with E-state index in [9.17, 15) is 0 Å². The molecule has 2 atom stereocenters. The Bertz CT molecular complexity index is 236. The second-order valence-electron chi connectivity index (χ2n) is 6.27. The summed E-state index contributed by atoms with van der Waals surface area (Å²) in [4.78, 5) is 4.82. The van der Waals surface area contributed by atoms with Crippen LogP contribution in [0.5, 0.6) is 0 Å². The highest BCUT2D eigenvalue weighted by molar-refractivity contribution is 4.78. The highest BCUT2D eigenvalue weighted by Gasteiger charge is 2.26. The van der Waals surface area contributed by atoms with E-state index in [4.69, 9.17) is 4.74 Å². The predicted molar refractivity (Wildman–Crippen MR) is 86.3 cm³/mol. The fourth-order valence-corrected chi connectivity index (χ4v) is 2.74. The van der Waals surface area contributed by atoms with Crippen molar-refractivity contribution in [1.82, 2.24) is 15.1 Å². The molecule has 1 N–H and O–H groups in total. The molecule has 1 aliphatic heterocycles. The molecule has 0 bridgehead atoms. The van der Waals surface area contributed by atoms with E-state index in [0.29, 0.717) is 12.2 Å². The molecule has 0 aromatic rings. The van der Waals surface area contributed by atoms with E-state index in [2.05, 4.69) is 43.1 Å². The van der Waals surface area contributed by atoms with E-state index in [-0.39, 0.29) is 0 Å². The van der Waals surface area contributed by atoms with E-state index in [1.807, 2.05) is 0 Å². The van der Waals surface area contributed by atoms with Crippen LogP contribution in [0, 0.1) is 0 Å². The van der Waals surface area contributed by atoms with Crippen molar-refractivity contribution < 1.29 is 4.74 Å². The second kappa shape index (κ2) is 10.6. The lowest BCUT2D eigenvalue weighted by molar-refractivity contribution is 0.0224. The summed E-state index contributed by atoms with van der Waals surface area (Å²) >= 11 is 0. The Balaban J connectivity index is 2.23. The third-order valence-electron chi connectivity index (χ3n) is 3.86. The largest absolute Gasteiger partial charge is 0.372 e. The molecular weight excluding hydrogens is 250 g/mol. The van der Waals surface area contributed by atoms with Crippen LogP contribution in [-0.4, -0.2) is 75.4 Å². The highest BCUT2D eigenvalue weighted by Crippen LogP contribution is 2.20. The standard InChI is InChI=1S/C16H35N3O/c1-5-9-17-13-15-7-8-16(20-15)14-19(10-6-2)12-11-18(3)4/h15-17H,5-14H2,1-4H3. The molecule has 1 aliphatic rings. The van der Waals surface area contributed by atoms with Gasteiger partial charge in [-0.1, -0.05) is 13.8 Å². The molecule has 4 heteroatoms. The minimum Gasteiger partial charge on any atom is -0.372 e. The zero-order valence-corrected chi connectivity index (χ0v) is 14.0. The summed E-state index contributed by atoms with van der Waals surface area (Å²) in [5, 5.41) is 3.47. The maximum absolute atomic E-state index is 6.17. The molecule has 20 heavy (non-hydrogen) atoms. The Hall–Kier alpha value is -0.160. The Kier molecular flexibility index (Phi) is 9.44. The van der Waals surface area contributed by atoms with Gasteiger partial charge in [-0.25, -0.2) is 0 Å². The minimum absolute atomic E-state index is 0.434. The van der Waals surface area contributed by atoms with Crippen LogP contribution in [0.15, 0.2) is 0 Å². The molecule has 0 saturated carbocycles. The van der Waals surface area contributed by atoms with Crippen molar-refractivity contribution in [2.24, 2.45) is 0 Å². The molecule has 0 aromatic carbocycles. The molecular formula is C16H35N3O. The van der Waals surface area contributed by atoms with Crippen LogP contribution < -0.4 is 5.32 Å². The normalized spacial score (nSPS) is 23.1. The monoisotopic (exact) mass is 285 g/mol. The van der Waals surface area contributed by atoms with Gasteiger partial charge in [0.25, 0.3) is 0 Å². The molecule has 0 spiro atoms. The molecule has 1 saturated heterocycles. The number of hydrogen-bond donors (Lipinski definition) is 1. The SMILES string of the molecule is CCCNCC1CCC(CN(CCC)CCN(C)C)O1. The third-order valence-corrected chi connectivity index (χ3v) is 3.86. The third kappa shape index (κ3) is 7.58. The Morgan fingerprint density at radius 3 is 2.40 bits per heavy atom. The molecule has 0 amide bonds. The van der Waals surface area contributed by atoms with Crippen molar-refractivity contribution in [3.05, 3.63) is 0 Å². The zero-order valence-electron chi connectivity index (χ0n) is 14.0. The van der Waals surface area contributed by atoms with Crippen molar-refractivity contribution in [2.75, 3.05) is 53.4 Å². The van der Waals surface area contributed by atoms with E-state index in [1.165, 1.54) is 32.2 Å². The van der Waals surface area contributed by atoms with Crippen LogP contribution in [-0.2, 0) is 4.74 Å². The lowest BCUT2D eigenvalue weighted by atomic mass is 10.2. The highest BCUT2D eigenvalue weighted by atomic mass is 16.5. The molecule has 2 unspecified atom stereocenters. The van der Waals surface area contributed by atoms with Gasteiger partial charge in [0.1, 0.15) is 0 Å². The molecule has 0 aromatic heterocycles. The van der Waals surface area contributed by atoms with Gasteiger partial charge in [-0.3, -0.25) is 4.90 Å². The van der Waals surface area contributed by atoms with Crippen LogP contribution in [0.4, 0.5) is 0 Å². The number of rotatable bonds is 11. The average Bonchev–Trinajstić information content (AvgIpc) is 2.84. The van der Waals surface area contributed by atoms with E-state index >= 15 is 0 Å². The topological polar surface area (TPSA) is 27.7 Å². The van der Waals surface area contributed by atoms with E-state index in [0.717, 1.165) is 32.7 Å².